The van der Waals surface area contributed by atoms with E-state index in [0.29, 0.717) is 23.7 Å². The zero-order chi connectivity index (χ0) is 25.5. The van der Waals surface area contributed by atoms with E-state index in [-0.39, 0.29) is 36.6 Å². The highest BCUT2D eigenvalue weighted by molar-refractivity contribution is 7.71. The van der Waals surface area contributed by atoms with Gasteiger partial charge in [0.1, 0.15) is 34.4 Å². The molecule has 0 spiro atoms. The Balaban J connectivity index is 1.95. The number of rotatable bonds is 9. The van der Waals surface area contributed by atoms with Crippen molar-refractivity contribution >= 4 is 24.1 Å². The Morgan fingerprint density at radius 1 is 1.24 bits per heavy atom. The number of aromatic nitrogens is 2. The fraction of sp³-hybridized carbons (Fsp3) is 0.478. The van der Waals surface area contributed by atoms with Gasteiger partial charge in [-0.1, -0.05) is 12.1 Å². The van der Waals surface area contributed by atoms with Crippen LogP contribution < -0.4 is 10.8 Å². The molecule has 1 heterocycles. The Bertz CT molecular complexity index is 1160. The Morgan fingerprint density at radius 2 is 1.88 bits per heavy atom. The van der Waals surface area contributed by atoms with Crippen molar-refractivity contribution in [3.8, 4) is 6.07 Å². The Labute approximate surface area is 203 Å². The third-order valence-corrected chi connectivity index (χ3v) is 5.36. The fourth-order valence-electron chi connectivity index (χ4n) is 3.07. The minimum Gasteiger partial charge on any atom is -0.444 e. The quantitative estimate of drug-likeness (QED) is 0.412. The molecule has 9 nitrogen and oxygen atoms in total. The van der Waals surface area contributed by atoms with Crippen LogP contribution in [-0.4, -0.2) is 52.0 Å². The largest absolute Gasteiger partial charge is 0.444 e. The fourth-order valence-corrected chi connectivity index (χ4v) is 3.25. The van der Waals surface area contributed by atoms with Crippen molar-refractivity contribution < 1.29 is 18.7 Å². The van der Waals surface area contributed by atoms with Gasteiger partial charge in [0, 0.05) is 33.7 Å². The second-order valence-corrected chi connectivity index (χ2v) is 9.02. The maximum atomic E-state index is 13.2. The first-order chi connectivity index (χ1) is 15.9. The number of carbonyl (C=O) groups is 1. The molecule has 0 atom stereocenters. The van der Waals surface area contributed by atoms with Crippen LogP contribution in [0.2, 0.25) is 0 Å². The Hall–Kier alpha value is -3.23. The summed E-state index contributed by atoms with van der Waals surface area (Å²) in [7, 11) is 3.36. The summed E-state index contributed by atoms with van der Waals surface area (Å²) in [4.78, 5) is 14.1. The van der Waals surface area contributed by atoms with Gasteiger partial charge in [-0.25, -0.2) is 9.18 Å². The number of carbonyl (C=O) groups excluding carboxylic acids is 1. The molecule has 0 saturated heterocycles. The topological polar surface area (TPSA) is 108 Å². The number of benzene rings is 1. The number of halogens is 1. The summed E-state index contributed by atoms with van der Waals surface area (Å²) in [5.41, 5.74) is 0.342. The molecule has 0 bridgehead atoms. The molecular weight excluding hydrogens is 459 g/mol. The van der Waals surface area contributed by atoms with Crippen molar-refractivity contribution in [1.82, 2.24) is 14.0 Å². The van der Waals surface area contributed by atoms with Gasteiger partial charge in [-0.05, 0) is 50.7 Å². The molecule has 0 saturated carbocycles. The van der Waals surface area contributed by atoms with Gasteiger partial charge in [-0.15, -0.1) is 0 Å². The highest BCUT2D eigenvalue weighted by Crippen LogP contribution is 2.14. The first-order valence-electron chi connectivity index (χ1n) is 10.7. The van der Waals surface area contributed by atoms with E-state index < -0.39 is 11.7 Å². The summed E-state index contributed by atoms with van der Waals surface area (Å²) in [5.74, 6) is 0.107. The van der Waals surface area contributed by atoms with Crippen molar-refractivity contribution in [3.63, 3.8) is 0 Å². The number of nitrogens with one attached hydrogen (secondary N) is 2. The van der Waals surface area contributed by atoms with E-state index in [1.165, 1.54) is 21.6 Å². The Kier molecular flexibility index (Phi) is 9.35. The standard InChI is InChI=1S/C23H31FN6O3S/c1-23(2,3)33-22(31)30(15-16-6-8-17(24)9-7-16)11-13-32-12-10-27-20-18(14-25)19(26)28(4)21(34)29(20)5/h6-9,26-27H,10-13,15H2,1-5H3. The van der Waals surface area contributed by atoms with E-state index in [2.05, 4.69) is 5.32 Å². The van der Waals surface area contributed by atoms with Gasteiger partial charge in [-0.2, -0.15) is 5.26 Å². The number of amides is 1. The molecule has 0 radical (unpaired) electrons. The van der Waals surface area contributed by atoms with Gasteiger partial charge in [0.15, 0.2) is 4.77 Å². The van der Waals surface area contributed by atoms with Crippen LogP contribution in [0.3, 0.4) is 0 Å². The lowest BCUT2D eigenvalue weighted by Gasteiger charge is -2.27. The van der Waals surface area contributed by atoms with E-state index >= 15 is 0 Å². The van der Waals surface area contributed by atoms with Gasteiger partial charge in [0.2, 0.25) is 0 Å². The number of nitriles is 1. The molecular formula is C23H31FN6O3S. The monoisotopic (exact) mass is 490 g/mol. The average Bonchev–Trinajstić information content (AvgIpc) is 2.77. The lowest BCUT2D eigenvalue weighted by Crippen LogP contribution is -2.38. The highest BCUT2D eigenvalue weighted by Gasteiger charge is 2.22. The van der Waals surface area contributed by atoms with Gasteiger partial charge >= 0.3 is 6.09 Å². The number of ether oxygens (including phenoxy) is 2. The molecule has 34 heavy (non-hydrogen) atoms. The minimum absolute atomic E-state index is 0.0304. The van der Waals surface area contributed by atoms with Gasteiger partial charge in [0.05, 0.1) is 13.2 Å². The van der Waals surface area contributed by atoms with Crippen molar-refractivity contribution in [2.24, 2.45) is 14.1 Å². The van der Waals surface area contributed by atoms with E-state index in [9.17, 15) is 14.4 Å². The SMILES string of the molecule is Cn1c(NCCOCCN(Cc2ccc(F)cc2)C(=O)OC(C)(C)C)c(C#N)c(=N)n(C)c1=S. The molecule has 1 amide bonds. The molecule has 0 aliphatic rings. The zero-order valence-corrected chi connectivity index (χ0v) is 21.0. The normalized spacial score (nSPS) is 11.1. The molecule has 2 aromatic rings. The van der Waals surface area contributed by atoms with Crippen LogP contribution >= 0.6 is 12.2 Å². The Morgan fingerprint density at radius 3 is 2.47 bits per heavy atom. The van der Waals surface area contributed by atoms with Crippen LogP contribution in [0, 0.1) is 27.3 Å². The average molecular weight is 491 g/mol. The predicted octanol–water partition coefficient (Wildman–Crippen LogP) is 3.45. The minimum atomic E-state index is -0.649. The van der Waals surface area contributed by atoms with E-state index in [1.807, 2.05) is 6.07 Å². The van der Waals surface area contributed by atoms with Gasteiger partial charge < -0.3 is 28.8 Å². The molecule has 184 valence electrons. The summed E-state index contributed by atoms with van der Waals surface area (Å²) in [6.45, 7) is 6.82. The number of nitrogens with zero attached hydrogens (tertiary/aromatic N) is 4. The summed E-state index contributed by atoms with van der Waals surface area (Å²) >= 11 is 5.30. The van der Waals surface area contributed by atoms with Crippen molar-refractivity contribution in [2.75, 3.05) is 31.6 Å². The molecule has 0 fully saturated rings. The van der Waals surface area contributed by atoms with Crippen LogP contribution in [0.15, 0.2) is 24.3 Å². The summed E-state index contributed by atoms with van der Waals surface area (Å²) in [6, 6.07) is 7.98. The zero-order valence-electron chi connectivity index (χ0n) is 20.1. The molecule has 2 rings (SSSR count). The number of hydrogen-bond donors (Lipinski definition) is 2. The summed E-state index contributed by atoms with van der Waals surface area (Å²) in [5, 5.41) is 20.6. The van der Waals surface area contributed by atoms with Crippen molar-refractivity contribution in [1.29, 1.82) is 10.7 Å². The molecule has 0 aliphatic heterocycles. The van der Waals surface area contributed by atoms with E-state index in [1.54, 1.807) is 51.6 Å². The maximum Gasteiger partial charge on any atom is 0.410 e. The van der Waals surface area contributed by atoms with Gasteiger partial charge in [-0.3, -0.25) is 5.41 Å². The van der Waals surface area contributed by atoms with E-state index in [4.69, 9.17) is 27.1 Å². The maximum absolute atomic E-state index is 13.2. The predicted molar refractivity (Wildman–Crippen MR) is 128 cm³/mol. The van der Waals surface area contributed by atoms with Crippen molar-refractivity contribution in [3.05, 3.63) is 51.5 Å². The third kappa shape index (κ3) is 7.40. The number of anilines is 1. The molecule has 0 aliphatic carbocycles. The summed E-state index contributed by atoms with van der Waals surface area (Å²) < 4.78 is 27.9. The highest BCUT2D eigenvalue weighted by atomic mass is 32.1. The second kappa shape index (κ2) is 11.8. The molecule has 0 unspecified atom stereocenters. The smallest absolute Gasteiger partial charge is 0.410 e. The van der Waals surface area contributed by atoms with Gasteiger partial charge in [0.25, 0.3) is 0 Å². The molecule has 1 aromatic carbocycles. The lowest BCUT2D eigenvalue weighted by molar-refractivity contribution is 0.0162. The third-order valence-electron chi connectivity index (χ3n) is 4.81. The molecule has 1 aromatic heterocycles. The van der Waals surface area contributed by atoms with Crippen LogP contribution in [0.25, 0.3) is 0 Å². The van der Waals surface area contributed by atoms with Crippen LogP contribution in [0.1, 0.15) is 31.9 Å². The lowest BCUT2D eigenvalue weighted by atomic mass is 10.2. The van der Waals surface area contributed by atoms with E-state index in [0.717, 1.165) is 5.56 Å². The first kappa shape index (κ1) is 27.0. The number of hydrogen-bond acceptors (Lipinski definition) is 7. The molecule has 2 N–H and O–H groups in total. The van der Waals surface area contributed by atoms with Crippen LogP contribution in [0.5, 0.6) is 0 Å². The van der Waals surface area contributed by atoms with Crippen LogP contribution in [-0.2, 0) is 30.1 Å². The second-order valence-electron chi connectivity index (χ2n) is 8.65. The van der Waals surface area contributed by atoms with Crippen molar-refractivity contribution in [2.45, 2.75) is 32.9 Å². The van der Waals surface area contributed by atoms with Crippen LogP contribution in [0.4, 0.5) is 15.0 Å². The molecule has 11 heteroatoms. The first-order valence-corrected chi connectivity index (χ1v) is 11.1. The summed E-state index contributed by atoms with van der Waals surface area (Å²) in [6.07, 6.45) is -0.484.